The molecule has 0 amide bonds. The van der Waals surface area contributed by atoms with Crippen LogP contribution < -0.4 is 0 Å². The summed E-state index contributed by atoms with van der Waals surface area (Å²) < 4.78 is 5.06. The smallest absolute Gasteiger partial charge is 0.258 e. The molecule has 0 atom stereocenters. The van der Waals surface area contributed by atoms with Crippen LogP contribution in [0, 0.1) is 0 Å². The van der Waals surface area contributed by atoms with Crippen LogP contribution in [0.5, 0.6) is 11.5 Å². The lowest BCUT2D eigenvalue weighted by Crippen LogP contribution is -1.83. The summed E-state index contributed by atoms with van der Waals surface area (Å²) in [6, 6.07) is 4.25. The van der Waals surface area contributed by atoms with Gasteiger partial charge < -0.3 is 19.7 Å². The number of nitrogens with one attached hydrogen (secondary N) is 1. The third kappa shape index (κ3) is 1.67. The van der Waals surface area contributed by atoms with Crippen LogP contribution in [0.1, 0.15) is 0 Å². The normalized spacial score (nSPS) is 10.7. The highest BCUT2D eigenvalue weighted by atomic mass is 16.5. The molecule has 3 aromatic rings. The summed E-state index contributed by atoms with van der Waals surface area (Å²) in [6.45, 7) is 0. The quantitative estimate of drug-likeness (QED) is 0.590. The summed E-state index contributed by atoms with van der Waals surface area (Å²) in [5, 5.41) is 22.4. The minimum absolute atomic E-state index is 0.204. The van der Waals surface area contributed by atoms with Crippen molar-refractivity contribution in [3.63, 3.8) is 0 Å². The average Bonchev–Trinajstić information content (AvgIpc) is 3.01. The summed E-state index contributed by atoms with van der Waals surface area (Å²) in [7, 11) is 0. The molecule has 0 saturated carbocycles. The molecule has 0 radical (unpaired) electrons. The van der Waals surface area contributed by atoms with E-state index >= 15 is 0 Å². The van der Waals surface area contributed by atoms with Gasteiger partial charge in [-0.15, -0.1) is 0 Å². The van der Waals surface area contributed by atoms with Crippen molar-refractivity contribution in [2.75, 3.05) is 0 Å². The maximum absolute atomic E-state index is 9.39. The standard InChI is InChI=1S/C11H8N4O3/c16-7-2-1-6(5-8(7)17)11-14-10(15-18-11)9-12-3-4-13-9/h1-5,16-17H,(H,12,13). The van der Waals surface area contributed by atoms with Crippen LogP contribution in [0.2, 0.25) is 0 Å². The topological polar surface area (TPSA) is 108 Å². The van der Waals surface area contributed by atoms with Gasteiger partial charge in [-0.05, 0) is 18.2 Å². The predicted octanol–water partition coefficient (Wildman–Crippen LogP) is 1.54. The number of imidazole rings is 1. The zero-order valence-corrected chi connectivity index (χ0v) is 9.03. The van der Waals surface area contributed by atoms with Crippen molar-refractivity contribution in [2.45, 2.75) is 0 Å². The first kappa shape index (κ1) is 10.3. The van der Waals surface area contributed by atoms with Crippen LogP contribution >= 0.6 is 0 Å². The van der Waals surface area contributed by atoms with Gasteiger partial charge in [0.2, 0.25) is 5.82 Å². The second-order valence-electron chi connectivity index (χ2n) is 3.56. The van der Waals surface area contributed by atoms with Crippen LogP contribution in [-0.2, 0) is 0 Å². The maximum atomic E-state index is 9.39. The Hall–Kier alpha value is -2.83. The van der Waals surface area contributed by atoms with Crippen molar-refractivity contribution in [1.82, 2.24) is 20.1 Å². The predicted molar refractivity (Wildman–Crippen MR) is 60.6 cm³/mol. The van der Waals surface area contributed by atoms with Crippen LogP contribution in [0.3, 0.4) is 0 Å². The van der Waals surface area contributed by atoms with Gasteiger partial charge in [0.25, 0.3) is 5.89 Å². The molecule has 7 nitrogen and oxygen atoms in total. The minimum Gasteiger partial charge on any atom is -0.504 e. The Morgan fingerprint density at radius 3 is 2.78 bits per heavy atom. The largest absolute Gasteiger partial charge is 0.504 e. The van der Waals surface area contributed by atoms with E-state index in [-0.39, 0.29) is 17.4 Å². The van der Waals surface area contributed by atoms with Crippen molar-refractivity contribution >= 4 is 0 Å². The number of rotatable bonds is 2. The van der Waals surface area contributed by atoms with Crippen LogP contribution in [0.25, 0.3) is 23.1 Å². The molecule has 2 aromatic heterocycles. The number of nitrogens with zero attached hydrogens (tertiary/aromatic N) is 3. The number of phenols is 2. The van der Waals surface area contributed by atoms with Gasteiger partial charge in [0.15, 0.2) is 17.3 Å². The van der Waals surface area contributed by atoms with Crippen molar-refractivity contribution in [3.05, 3.63) is 30.6 Å². The van der Waals surface area contributed by atoms with E-state index in [1.165, 1.54) is 12.1 Å². The third-order valence-corrected chi connectivity index (χ3v) is 2.36. The summed E-state index contributed by atoms with van der Waals surface area (Å²) >= 11 is 0. The molecule has 0 bridgehead atoms. The van der Waals surface area contributed by atoms with E-state index in [9.17, 15) is 10.2 Å². The molecule has 18 heavy (non-hydrogen) atoms. The van der Waals surface area contributed by atoms with Gasteiger partial charge in [0, 0.05) is 18.0 Å². The Labute approximate surface area is 101 Å². The highest BCUT2D eigenvalue weighted by Gasteiger charge is 2.13. The number of H-pyrrole nitrogens is 1. The first-order valence-corrected chi connectivity index (χ1v) is 5.10. The van der Waals surface area contributed by atoms with Crippen molar-refractivity contribution in [1.29, 1.82) is 0 Å². The van der Waals surface area contributed by atoms with E-state index < -0.39 is 0 Å². The average molecular weight is 244 g/mol. The highest BCUT2D eigenvalue weighted by Crippen LogP contribution is 2.30. The van der Waals surface area contributed by atoms with Gasteiger partial charge in [0.05, 0.1) is 0 Å². The molecule has 0 aliphatic rings. The SMILES string of the molecule is Oc1ccc(-c2nc(-c3ncc[nH]3)no2)cc1O. The van der Waals surface area contributed by atoms with Crippen LogP contribution in [-0.4, -0.2) is 30.3 Å². The van der Waals surface area contributed by atoms with E-state index in [1.807, 2.05) is 0 Å². The summed E-state index contributed by atoms with van der Waals surface area (Å²) in [5.41, 5.74) is 0.510. The van der Waals surface area contributed by atoms with Gasteiger partial charge >= 0.3 is 0 Å². The number of hydrogen-bond donors (Lipinski definition) is 3. The van der Waals surface area contributed by atoms with E-state index in [0.717, 1.165) is 0 Å². The molecule has 0 aliphatic heterocycles. The zero-order chi connectivity index (χ0) is 12.5. The fraction of sp³-hybridized carbons (Fsp3) is 0. The van der Waals surface area contributed by atoms with Gasteiger partial charge in [0.1, 0.15) is 0 Å². The molecule has 0 saturated heterocycles. The van der Waals surface area contributed by atoms with E-state index in [0.29, 0.717) is 17.2 Å². The molecule has 0 aliphatic carbocycles. The number of phenolic OH excluding ortho intramolecular Hbond substituents is 2. The molecule has 3 rings (SSSR count). The monoisotopic (exact) mass is 244 g/mol. The lowest BCUT2D eigenvalue weighted by Gasteiger charge is -1.98. The third-order valence-electron chi connectivity index (χ3n) is 2.36. The lowest BCUT2D eigenvalue weighted by molar-refractivity contribution is 0.402. The first-order valence-electron chi connectivity index (χ1n) is 5.10. The molecule has 0 spiro atoms. The van der Waals surface area contributed by atoms with Crippen LogP contribution in [0.15, 0.2) is 35.1 Å². The Morgan fingerprint density at radius 2 is 2.06 bits per heavy atom. The molecule has 0 fully saturated rings. The van der Waals surface area contributed by atoms with Gasteiger partial charge in [-0.25, -0.2) is 4.98 Å². The Balaban J connectivity index is 2.00. The Bertz CT molecular complexity index is 675. The number of aromatic nitrogens is 4. The molecule has 90 valence electrons. The van der Waals surface area contributed by atoms with E-state index in [1.54, 1.807) is 18.5 Å². The Kier molecular flexibility index (Phi) is 2.23. The molecule has 0 unspecified atom stereocenters. The lowest BCUT2D eigenvalue weighted by atomic mass is 10.2. The Morgan fingerprint density at radius 1 is 1.17 bits per heavy atom. The fourth-order valence-electron chi connectivity index (χ4n) is 1.48. The zero-order valence-electron chi connectivity index (χ0n) is 9.03. The number of aromatic hydroxyl groups is 2. The van der Waals surface area contributed by atoms with Crippen LogP contribution in [0.4, 0.5) is 0 Å². The molecule has 1 aromatic carbocycles. The fourth-order valence-corrected chi connectivity index (χ4v) is 1.48. The molecular formula is C11H8N4O3. The molecular weight excluding hydrogens is 236 g/mol. The van der Waals surface area contributed by atoms with Crippen molar-refractivity contribution < 1.29 is 14.7 Å². The first-order chi connectivity index (χ1) is 8.74. The van der Waals surface area contributed by atoms with Crippen molar-refractivity contribution in [3.8, 4) is 34.6 Å². The summed E-state index contributed by atoms with van der Waals surface area (Å²) in [6.07, 6.45) is 3.23. The molecule has 7 heteroatoms. The summed E-state index contributed by atoms with van der Waals surface area (Å²) in [4.78, 5) is 11.0. The van der Waals surface area contributed by atoms with Gasteiger partial charge in [-0.3, -0.25) is 0 Å². The highest BCUT2D eigenvalue weighted by molar-refractivity contribution is 5.60. The maximum Gasteiger partial charge on any atom is 0.258 e. The molecule has 2 heterocycles. The van der Waals surface area contributed by atoms with Gasteiger partial charge in [-0.2, -0.15) is 4.98 Å². The molecule has 3 N–H and O–H groups in total. The van der Waals surface area contributed by atoms with Gasteiger partial charge in [-0.1, -0.05) is 5.16 Å². The van der Waals surface area contributed by atoms with E-state index in [4.69, 9.17) is 4.52 Å². The number of hydrogen-bond acceptors (Lipinski definition) is 6. The minimum atomic E-state index is -0.245. The summed E-state index contributed by atoms with van der Waals surface area (Å²) in [5.74, 6) is 0.599. The second kappa shape index (κ2) is 3.88. The number of aromatic amines is 1. The number of benzene rings is 1. The van der Waals surface area contributed by atoms with E-state index in [2.05, 4.69) is 20.1 Å². The van der Waals surface area contributed by atoms with Crippen molar-refractivity contribution in [2.24, 2.45) is 0 Å². The second-order valence-corrected chi connectivity index (χ2v) is 3.56.